The van der Waals surface area contributed by atoms with Gasteiger partial charge in [0.15, 0.2) is 0 Å². The second-order valence-corrected chi connectivity index (χ2v) is 6.69. The van der Waals surface area contributed by atoms with Crippen LogP contribution in [0.25, 0.3) is 0 Å². The van der Waals surface area contributed by atoms with Crippen LogP contribution in [-0.2, 0) is 11.3 Å². The van der Waals surface area contributed by atoms with Gasteiger partial charge in [-0.25, -0.2) is 0 Å². The van der Waals surface area contributed by atoms with Crippen molar-refractivity contribution in [3.05, 3.63) is 33.3 Å². The highest BCUT2D eigenvalue weighted by Crippen LogP contribution is 2.31. The number of nitrogens with zero attached hydrogens (tertiary/aromatic N) is 1. The average molecular weight is 347 g/mol. The van der Waals surface area contributed by atoms with Gasteiger partial charge in [-0.05, 0) is 59.9 Å². The molecule has 0 bridgehead atoms. The van der Waals surface area contributed by atoms with Gasteiger partial charge in [0.05, 0.1) is 10.4 Å². The summed E-state index contributed by atoms with van der Waals surface area (Å²) < 4.78 is 0.881. The molecule has 1 heterocycles. The highest BCUT2D eigenvalue weighted by Gasteiger charge is 2.37. The van der Waals surface area contributed by atoms with Crippen molar-refractivity contribution in [2.24, 2.45) is 5.41 Å². The van der Waals surface area contributed by atoms with Crippen LogP contribution >= 0.6 is 27.5 Å². The third-order valence-corrected chi connectivity index (χ3v) is 4.91. The van der Waals surface area contributed by atoms with E-state index in [0.29, 0.717) is 11.6 Å². The molecule has 5 heteroatoms. The minimum Gasteiger partial charge on any atom is -0.481 e. The third kappa shape index (κ3) is 3.50. The van der Waals surface area contributed by atoms with Gasteiger partial charge >= 0.3 is 5.97 Å². The maximum atomic E-state index is 11.3. The molecule has 0 radical (unpaired) electrons. The van der Waals surface area contributed by atoms with Gasteiger partial charge in [0, 0.05) is 17.6 Å². The number of carboxylic acid groups (broad SMARTS) is 1. The molecule has 1 N–H and O–H groups in total. The lowest BCUT2D eigenvalue weighted by Crippen LogP contribution is -2.45. The van der Waals surface area contributed by atoms with Crippen LogP contribution in [0.15, 0.2) is 22.7 Å². The minimum atomic E-state index is -0.703. The Kier molecular flexibility index (Phi) is 4.54. The number of carbonyl (C=O) groups is 1. The number of benzene rings is 1. The topological polar surface area (TPSA) is 40.5 Å². The summed E-state index contributed by atoms with van der Waals surface area (Å²) in [6.45, 7) is 4.11. The summed E-state index contributed by atoms with van der Waals surface area (Å²) in [6, 6.07) is 5.87. The summed E-state index contributed by atoms with van der Waals surface area (Å²) in [7, 11) is 0. The normalized spacial score (nSPS) is 24.4. The second-order valence-electron chi connectivity index (χ2n) is 5.43. The molecule has 1 atom stereocenters. The molecule has 3 nitrogen and oxygen atoms in total. The van der Waals surface area contributed by atoms with Crippen molar-refractivity contribution >= 4 is 33.5 Å². The molecular weight excluding hydrogens is 330 g/mol. The zero-order valence-electron chi connectivity index (χ0n) is 10.8. The van der Waals surface area contributed by atoms with E-state index < -0.39 is 11.4 Å². The molecule has 1 aromatic carbocycles. The summed E-state index contributed by atoms with van der Waals surface area (Å²) in [5.74, 6) is -0.703. The second kappa shape index (κ2) is 5.81. The summed E-state index contributed by atoms with van der Waals surface area (Å²) in [5.41, 5.74) is 0.486. The van der Waals surface area contributed by atoms with Crippen LogP contribution in [0, 0.1) is 5.41 Å². The Labute approximate surface area is 126 Å². The lowest BCUT2D eigenvalue weighted by atomic mass is 9.82. The van der Waals surface area contributed by atoms with Crippen LogP contribution in [0.1, 0.15) is 25.3 Å². The Morgan fingerprint density at radius 2 is 2.32 bits per heavy atom. The molecule has 19 heavy (non-hydrogen) atoms. The van der Waals surface area contributed by atoms with Crippen LogP contribution in [0.4, 0.5) is 0 Å². The molecule has 1 unspecified atom stereocenters. The van der Waals surface area contributed by atoms with Crippen molar-refractivity contribution in [1.29, 1.82) is 0 Å². The van der Waals surface area contributed by atoms with Gasteiger partial charge in [0.2, 0.25) is 0 Å². The van der Waals surface area contributed by atoms with Gasteiger partial charge in [-0.1, -0.05) is 17.7 Å². The molecule has 1 aliphatic rings. The van der Waals surface area contributed by atoms with Crippen molar-refractivity contribution in [3.8, 4) is 0 Å². The third-order valence-electron chi connectivity index (χ3n) is 3.68. The monoisotopic (exact) mass is 345 g/mol. The molecule has 0 saturated carbocycles. The fraction of sp³-hybridized carbons (Fsp3) is 0.500. The lowest BCUT2D eigenvalue weighted by Gasteiger charge is -2.37. The van der Waals surface area contributed by atoms with Crippen LogP contribution < -0.4 is 0 Å². The Morgan fingerprint density at radius 3 is 2.95 bits per heavy atom. The van der Waals surface area contributed by atoms with E-state index >= 15 is 0 Å². The van der Waals surface area contributed by atoms with Crippen LogP contribution in [0.5, 0.6) is 0 Å². The number of likely N-dealkylation sites (tertiary alicyclic amines) is 1. The van der Waals surface area contributed by atoms with E-state index in [1.165, 1.54) is 0 Å². The van der Waals surface area contributed by atoms with Crippen molar-refractivity contribution < 1.29 is 9.90 Å². The Bertz CT molecular complexity index is 494. The SMILES string of the molecule is CC1(C(=O)O)CCCN(Cc2ccc(Br)c(Cl)c2)C1. The number of carboxylic acids is 1. The number of hydrogen-bond acceptors (Lipinski definition) is 2. The molecule has 1 saturated heterocycles. The van der Waals surface area contributed by atoms with E-state index in [0.717, 1.165) is 36.0 Å². The predicted molar refractivity (Wildman–Crippen MR) is 79.4 cm³/mol. The molecule has 1 aliphatic heterocycles. The molecule has 0 aromatic heterocycles. The average Bonchev–Trinajstić information content (AvgIpc) is 2.34. The van der Waals surface area contributed by atoms with E-state index in [4.69, 9.17) is 11.6 Å². The molecule has 1 fully saturated rings. The van der Waals surface area contributed by atoms with Crippen molar-refractivity contribution in [3.63, 3.8) is 0 Å². The molecule has 1 aromatic rings. The van der Waals surface area contributed by atoms with Crippen LogP contribution in [0.2, 0.25) is 5.02 Å². The Balaban J connectivity index is 2.06. The molecular formula is C14H17BrClNO2. The van der Waals surface area contributed by atoms with Gasteiger partial charge in [0.25, 0.3) is 0 Å². The van der Waals surface area contributed by atoms with E-state index in [1.54, 1.807) is 0 Å². The van der Waals surface area contributed by atoms with Crippen LogP contribution in [-0.4, -0.2) is 29.1 Å². The van der Waals surface area contributed by atoms with Crippen molar-refractivity contribution in [2.75, 3.05) is 13.1 Å². The molecule has 0 amide bonds. The number of piperidine rings is 1. The summed E-state index contributed by atoms with van der Waals surface area (Å²) in [5, 5.41) is 10.00. The fourth-order valence-corrected chi connectivity index (χ4v) is 3.00. The van der Waals surface area contributed by atoms with Gasteiger partial charge in [-0.2, -0.15) is 0 Å². The van der Waals surface area contributed by atoms with Gasteiger partial charge < -0.3 is 5.11 Å². The first-order chi connectivity index (χ1) is 8.90. The minimum absolute atomic E-state index is 0.593. The maximum absolute atomic E-state index is 11.3. The molecule has 0 aliphatic carbocycles. The summed E-state index contributed by atoms with van der Waals surface area (Å²) in [4.78, 5) is 13.5. The predicted octanol–water partition coefficient (Wildman–Crippen LogP) is 3.79. The number of rotatable bonds is 3. The first-order valence-corrected chi connectivity index (χ1v) is 7.47. The highest BCUT2D eigenvalue weighted by molar-refractivity contribution is 9.10. The van der Waals surface area contributed by atoms with E-state index in [1.807, 2.05) is 25.1 Å². The first-order valence-electron chi connectivity index (χ1n) is 6.30. The van der Waals surface area contributed by atoms with E-state index in [2.05, 4.69) is 20.8 Å². The number of aliphatic carboxylic acids is 1. The van der Waals surface area contributed by atoms with E-state index in [-0.39, 0.29) is 0 Å². The van der Waals surface area contributed by atoms with E-state index in [9.17, 15) is 9.90 Å². The summed E-state index contributed by atoms with van der Waals surface area (Å²) >= 11 is 9.45. The fourth-order valence-electron chi connectivity index (χ4n) is 2.55. The summed E-state index contributed by atoms with van der Waals surface area (Å²) in [6.07, 6.45) is 1.67. The Hall–Kier alpha value is -0.580. The zero-order valence-corrected chi connectivity index (χ0v) is 13.2. The standard InChI is InChI=1S/C14H17BrClNO2/c1-14(13(18)19)5-2-6-17(9-14)8-10-3-4-11(15)12(16)7-10/h3-4,7H,2,5-6,8-9H2,1H3,(H,18,19). The van der Waals surface area contributed by atoms with Gasteiger partial charge in [-0.15, -0.1) is 0 Å². The smallest absolute Gasteiger partial charge is 0.310 e. The maximum Gasteiger partial charge on any atom is 0.310 e. The van der Waals surface area contributed by atoms with Crippen molar-refractivity contribution in [1.82, 2.24) is 4.90 Å². The van der Waals surface area contributed by atoms with Crippen molar-refractivity contribution in [2.45, 2.75) is 26.3 Å². The zero-order chi connectivity index (χ0) is 14.0. The quantitative estimate of drug-likeness (QED) is 0.905. The highest BCUT2D eigenvalue weighted by atomic mass is 79.9. The molecule has 104 valence electrons. The Morgan fingerprint density at radius 1 is 1.58 bits per heavy atom. The molecule has 2 rings (SSSR count). The number of halogens is 2. The number of hydrogen-bond donors (Lipinski definition) is 1. The van der Waals surface area contributed by atoms with Crippen LogP contribution in [0.3, 0.4) is 0 Å². The first kappa shape index (κ1) is 14.8. The van der Waals surface area contributed by atoms with Gasteiger partial charge in [-0.3, -0.25) is 9.69 Å². The largest absolute Gasteiger partial charge is 0.481 e. The molecule has 0 spiro atoms. The van der Waals surface area contributed by atoms with Gasteiger partial charge in [0.1, 0.15) is 0 Å². The lowest BCUT2D eigenvalue weighted by molar-refractivity contribution is -0.151.